The monoisotopic (exact) mass is 297 g/mol. The molecule has 0 aliphatic carbocycles. The maximum Gasteiger partial charge on any atom is 0.322 e. The Balaban J connectivity index is 2.42. The van der Waals surface area contributed by atoms with Crippen LogP contribution in [0, 0.1) is 5.92 Å². The van der Waals surface area contributed by atoms with Crippen LogP contribution in [0.2, 0.25) is 0 Å². The van der Waals surface area contributed by atoms with Crippen molar-refractivity contribution in [3.63, 3.8) is 0 Å². The molecule has 0 unspecified atom stereocenters. The second-order valence-corrected chi connectivity index (χ2v) is 6.42. The van der Waals surface area contributed by atoms with Gasteiger partial charge < -0.3 is 10.1 Å². The van der Waals surface area contributed by atoms with Crippen LogP contribution in [-0.2, 0) is 14.8 Å². The molecule has 0 spiro atoms. The molecule has 0 aliphatic heterocycles. The van der Waals surface area contributed by atoms with Crippen molar-refractivity contribution in [1.29, 1.82) is 0 Å². The Kier molecular flexibility index (Phi) is 3.78. The van der Waals surface area contributed by atoms with Crippen LogP contribution in [0.5, 0.6) is 0 Å². The Morgan fingerprint density at radius 3 is 2.75 bits per heavy atom. The van der Waals surface area contributed by atoms with E-state index in [9.17, 15) is 13.2 Å². The summed E-state index contributed by atoms with van der Waals surface area (Å²) in [5.41, 5.74) is 0.435. The van der Waals surface area contributed by atoms with E-state index in [1.165, 1.54) is 12.4 Å². The van der Waals surface area contributed by atoms with Crippen molar-refractivity contribution in [3.05, 3.63) is 24.5 Å². The lowest BCUT2D eigenvalue weighted by Gasteiger charge is -2.17. The standard InChI is InChI=1S/C12H15N3O4S/c1-7(2)10(12(16)17)15-20(18,19)9-6-14-11-8(9)4-3-5-13-11/h3-7,10,15H,1-2H3,(H,13,14)(H,16,17)/t10-/m0/s1. The second kappa shape index (κ2) is 5.22. The molecule has 0 saturated carbocycles. The minimum Gasteiger partial charge on any atom is -0.480 e. The first-order valence-electron chi connectivity index (χ1n) is 6.00. The fraction of sp³-hybridized carbons (Fsp3) is 0.333. The summed E-state index contributed by atoms with van der Waals surface area (Å²) in [6, 6.07) is 2.05. The Bertz CT molecular complexity index is 736. The molecule has 3 N–H and O–H groups in total. The summed E-state index contributed by atoms with van der Waals surface area (Å²) in [4.78, 5) is 17.8. The zero-order valence-electron chi connectivity index (χ0n) is 11.0. The molecule has 2 aromatic heterocycles. The summed E-state index contributed by atoms with van der Waals surface area (Å²) in [5, 5.41) is 9.49. The van der Waals surface area contributed by atoms with Crippen molar-refractivity contribution in [3.8, 4) is 0 Å². The van der Waals surface area contributed by atoms with E-state index in [1.807, 2.05) is 0 Å². The Hall–Kier alpha value is -1.93. The Labute approximate surface area is 116 Å². The number of fused-ring (bicyclic) bond motifs is 1. The van der Waals surface area contributed by atoms with Crippen LogP contribution in [0.15, 0.2) is 29.4 Å². The van der Waals surface area contributed by atoms with Gasteiger partial charge in [0, 0.05) is 17.8 Å². The van der Waals surface area contributed by atoms with Gasteiger partial charge in [-0.1, -0.05) is 13.8 Å². The Morgan fingerprint density at radius 2 is 2.15 bits per heavy atom. The van der Waals surface area contributed by atoms with Crippen molar-refractivity contribution < 1.29 is 18.3 Å². The lowest BCUT2D eigenvalue weighted by atomic mass is 10.1. The molecule has 0 amide bonds. The van der Waals surface area contributed by atoms with Crippen molar-refractivity contribution >= 4 is 27.0 Å². The third-order valence-corrected chi connectivity index (χ3v) is 4.40. The second-order valence-electron chi connectivity index (χ2n) is 4.73. The number of sulfonamides is 1. The van der Waals surface area contributed by atoms with Crippen LogP contribution in [0.25, 0.3) is 11.0 Å². The molecule has 0 saturated heterocycles. The summed E-state index contributed by atoms with van der Waals surface area (Å²) in [5.74, 6) is -1.58. The van der Waals surface area contributed by atoms with Crippen LogP contribution in [0.4, 0.5) is 0 Å². The van der Waals surface area contributed by atoms with Crippen molar-refractivity contribution in [2.24, 2.45) is 5.92 Å². The Morgan fingerprint density at radius 1 is 1.45 bits per heavy atom. The number of nitrogens with zero attached hydrogens (tertiary/aromatic N) is 1. The maximum atomic E-state index is 12.3. The lowest BCUT2D eigenvalue weighted by molar-refractivity contribution is -0.140. The van der Waals surface area contributed by atoms with Gasteiger partial charge in [-0.2, -0.15) is 4.72 Å². The maximum absolute atomic E-state index is 12.3. The highest BCUT2D eigenvalue weighted by molar-refractivity contribution is 7.89. The van der Waals surface area contributed by atoms with E-state index in [1.54, 1.807) is 26.0 Å². The lowest BCUT2D eigenvalue weighted by Crippen LogP contribution is -2.44. The predicted molar refractivity (Wildman–Crippen MR) is 72.7 cm³/mol. The number of aliphatic carboxylic acids is 1. The quantitative estimate of drug-likeness (QED) is 0.760. The summed E-state index contributed by atoms with van der Waals surface area (Å²) < 4.78 is 26.8. The topological polar surface area (TPSA) is 112 Å². The largest absolute Gasteiger partial charge is 0.480 e. The van der Waals surface area contributed by atoms with Crippen LogP contribution in [0.1, 0.15) is 13.8 Å². The number of rotatable bonds is 5. The zero-order valence-corrected chi connectivity index (χ0v) is 11.8. The molecule has 2 aromatic rings. The van der Waals surface area contributed by atoms with Gasteiger partial charge in [0.15, 0.2) is 0 Å². The van der Waals surface area contributed by atoms with Gasteiger partial charge >= 0.3 is 5.97 Å². The highest BCUT2D eigenvalue weighted by atomic mass is 32.2. The van der Waals surface area contributed by atoms with Gasteiger partial charge in [0.2, 0.25) is 10.0 Å². The van der Waals surface area contributed by atoms with Gasteiger partial charge in [-0.25, -0.2) is 13.4 Å². The van der Waals surface area contributed by atoms with Gasteiger partial charge in [0.1, 0.15) is 16.6 Å². The van der Waals surface area contributed by atoms with E-state index < -0.39 is 22.0 Å². The van der Waals surface area contributed by atoms with Crippen molar-refractivity contribution in [2.45, 2.75) is 24.8 Å². The smallest absolute Gasteiger partial charge is 0.322 e. The number of aromatic nitrogens is 2. The van der Waals surface area contributed by atoms with Crippen LogP contribution in [0.3, 0.4) is 0 Å². The minimum absolute atomic E-state index is 0.00694. The van der Waals surface area contributed by atoms with E-state index >= 15 is 0 Å². The van der Waals surface area contributed by atoms with E-state index in [2.05, 4.69) is 14.7 Å². The fourth-order valence-corrected chi connectivity index (χ4v) is 3.36. The zero-order chi connectivity index (χ0) is 14.9. The summed E-state index contributed by atoms with van der Waals surface area (Å²) in [7, 11) is -3.93. The summed E-state index contributed by atoms with van der Waals surface area (Å²) in [6.45, 7) is 3.27. The molecule has 2 rings (SSSR count). The number of carboxylic acid groups (broad SMARTS) is 1. The molecule has 2 heterocycles. The van der Waals surface area contributed by atoms with Gasteiger partial charge in [0.05, 0.1) is 0 Å². The predicted octanol–water partition coefficient (Wildman–Crippen LogP) is 0.950. The molecule has 0 bridgehead atoms. The number of carboxylic acids is 1. The van der Waals surface area contributed by atoms with Gasteiger partial charge in [-0.15, -0.1) is 0 Å². The summed E-state index contributed by atoms with van der Waals surface area (Å²) >= 11 is 0. The van der Waals surface area contributed by atoms with Crippen LogP contribution in [-0.4, -0.2) is 35.5 Å². The molecule has 20 heavy (non-hydrogen) atoms. The molecule has 7 nitrogen and oxygen atoms in total. The number of pyridine rings is 1. The average Bonchev–Trinajstić information content (AvgIpc) is 2.80. The molecule has 108 valence electrons. The van der Waals surface area contributed by atoms with E-state index in [0.29, 0.717) is 11.0 Å². The highest BCUT2D eigenvalue weighted by Crippen LogP contribution is 2.21. The van der Waals surface area contributed by atoms with Crippen molar-refractivity contribution in [1.82, 2.24) is 14.7 Å². The molecular weight excluding hydrogens is 282 g/mol. The number of H-pyrrole nitrogens is 1. The normalized spacial score (nSPS) is 13.8. The first-order valence-corrected chi connectivity index (χ1v) is 7.48. The average molecular weight is 297 g/mol. The summed E-state index contributed by atoms with van der Waals surface area (Å²) in [6.07, 6.45) is 2.84. The molecule has 0 fully saturated rings. The van der Waals surface area contributed by atoms with E-state index in [4.69, 9.17) is 5.11 Å². The SMILES string of the molecule is CC(C)[C@H](NS(=O)(=O)c1c[nH]c2ncccc12)C(=O)O. The van der Waals surface area contributed by atoms with Gasteiger partial charge in [0.25, 0.3) is 0 Å². The molecule has 0 aromatic carbocycles. The molecule has 0 aliphatic rings. The number of aromatic amines is 1. The van der Waals surface area contributed by atoms with Crippen LogP contribution >= 0.6 is 0 Å². The molecule has 0 radical (unpaired) electrons. The number of nitrogens with one attached hydrogen (secondary N) is 2. The van der Waals surface area contributed by atoms with Gasteiger partial charge in [-0.05, 0) is 18.1 Å². The third-order valence-electron chi connectivity index (χ3n) is 2.92. The number of hydrogen-bond acceptors (Lipinski definition) is 4. The molecule has 1 atom stereocenters. The number of carbonyl (C=O) groups is 1. The molecular formula is C12H15N3O4S. The van der Waals surface area contributed by atoms with E-state index in [-0.39, 0.29) is 10.8 Å². The number of hydrogen-bond donors (Lipinski definition) is 3. The minimum atomic E-state index is -3.93. The van der Waals surface area contributed by atoms with Crippen LogP contribution < -0.4 is 4.72 Å². The van der Waals surface area contributed by atoms with E-state index in [0.717, 1.165) is 0 Å². The first-order chi connectivity index (χ1) is 9.33. The molecule has 8 heteroatoms. The highest BCUT2D eigenvalue weighted by Gasteiger charge is 2.29. The van der Waals surface area contributed by atoms with Gasteiger partial charge in [-0.3, -0.25) is 4.79 Å². The third kappa shape index (κ3) is 2.66. The van der Waals surface area contributed by atoms with Crippen molar-refractivity contribution in [2.75, 3.05) is 0 Å². The first kappa shape index (κ1) is 14.5. The fourth-order valence-electron chi connectivity index (χ4n) is 1.86.